The molecular weight excluding hydrogens is 320 g/mol. The third-order valence-corrected chi connectivity index (χ3v) is 3.69. The highest BCUT2D eigenvalue weighted by molar-refractivity contribution is 6.31. The van der Waals surface area contributed by atoms with E-state index in [2.05, 4.69) is 5.32 Å². The highest BCUT2D eigenvalue weighted by atomic mass is 35.5. The maximum Gasteiger partial charge on any atom is 0.241 e. The van der Waals surface area contributed by atoms with Crippen LogP contribution in [0.3, 0.4) is 0 Å². The molecule has 2 N–H and O–H groups in total. The molecule has 0 spiro atoms. The molecule has 0 radical (unpaired) electrons. The minimum Gasteiger partial charge on any atom is -0.504 e. The van der Waals surface area contributed by atoms with E-state index in [1.54, 1.807) is 30.3 Å². The van der Waals surface area contributed by atoms with E-state index in [0.717, 1.165) is 0 Å². The topological polar surface area (TPSA) is 78.9 Å². The Morgan fingerprint density at radius 2 is 2.00 bits per heavy atom. The molecule has 2 amide bonds. The summed E-state index contributed by atoms with van der Waals surface area (Å²) in [5, 5.41) is 13.1. The number of fused-ring (bicyclic) bond motifs is 1. The molecule has 23 heavy (non-hydrogen) atoms. The molecule has 118 valence electrons. The summed E-state index contributed by atoms with van der Waals surface area (Å²) >= 11 is 6.03. The number of hydrogen-bond donors (Lipinski definition) is 2. The zero-order chi connectivity index (χ0) is 16.6. The van der Waals surface area contributed by atoms with Gasteiger partial charge in [0.25, 0.3) is 0 Å². The second kappa shape index (κ2) is 5.81. The number of nitrogens with zero attached hydrogens (tertiary/aromatic N) is 1. The summed E-state index contributed by atoms with van der Waals surface area (Å²) in [5.74, 6) is -0.645. The van der Waals surface area contributed by atoms with Gasteiger partial charge in [-0.25, -0.2) is 0 Å². The van der Waals surface area contributed by atoms with E-state index in [-0.39, 0.29) is 17.9 Å². The van der Waals surface area contributed by atoms with Crippen LogP contribution in [-0.4, -0.2) is 24.0 Å². The minimum atomic E-state index is -0.423. The second-order valence-electron chi connectivity index (χ2n) is 4.97. The SMILES string of the molecule is COc1ccc(N2C(=O)CC(=O)Nc3ccc(Cl)cc32)cc1O. The van der Waals surface area contributed by atoms with Gasteiger partial charge >= 0.3 is 0 Å². The predicted octanol–water partition coefficient (Wildman–Crippen LogP) is 3.06. The van der Waals surface area contributed by atoms with Crippen molar-refractivity contribution in [2.24, 2.45) is 0 Å². The van der Waals surface area contributed by atoms with Crippen molar-refractivity contribution in [3.05, 3.63) is 41.4 Å². The van der Waals surface area contributed by atoms with Gasteiger partial charge in [0.05, 0.1) is 24.2 Å². The molecule has 0 bridgehead atoms. The summed E-state index contributed by atoms with van der Waals surface area (Å²) < 4.78 is 5.00. The number of benzene rings is 2. The van der Waals surface area contributed by atoms with Crippen molar-refractivity contribution in [2.75, 3.05) is 17.3 Å². The summed E-state index contributed by atoms with van der Waals surface area (Å²) in [6.45, 7) is 0. The van der Waals surface area contributed by atoms with Gasteiger partial charge in [-0.15, -0.1) is 0 Å². The lowest BCUT2D eigenvalue weighted by Crippen LogP contribution is -2.26. The number of methoxy groups -OCH3 is 1. The Labute approximate surface area is 137 Å². The van der Waals surface area contributed by atoms with E-state index in [1.165, 1.54) is 18.1 Å². The molecule has 6 nitrogen and oxygen atoms in total. The Kier molecular flexibility index (Phi) is 3.83. The molecular formula is C16H13ClN2O4. The molecule has 0 aromatic heterocycles. The maximum atomic E-state index is 12.5. The fourth-order valence-corrected chi connectivity index (χ4v) is 2.61. The molecule has 1 aliphatic heterocycles. The number of halogens is 1. The Bertz CT molecular complexity index is 807. The van der Waals surface area contributed by atoms with Crippen LogP contribution in [0.5, 0.6) is 11.5 Å². The average Bonchev–Trinajstić information content (AvgIpc) is 2.61. The third kappa shape index (κ3) is 2.80. The fourth-order valence-electron chi connectivity index (χ4n) is 2.44. The molecule has 2 aromatic rings. The van der Waals surface area contributed by atoms with Crippen molar-refractivity contribution >= 4 is 40.5 Å². The molecule has 0 saturated carbocycles. The van der Waals surface area contributed by atoms with Crippen molar-refractivity contribution in [2.45, 2.75) is 6.42 Å². The number of carbonyl (C=O) groups excluding carboxylic acids is 2. The highest BCUT2D eigenvalue weighted by Gasteiger charge is 2.28. The predicted molar refractivity (Wildman–Crippen MR) is 86.5 cm³/mol. The monoisotopic (exact) mass is 332 g/mol. The van der Waals surface area contributed by atoms with Gasteiger partial charge in [-0.1, -0.05) is 11.6 Å². The van der Waals surface area contributed by atoms with Crippen LogP contribution in [0.25, 0.3) is 0 Å². The first-order chi connectivity index (χ1) is 11.0. The van der Waals surface area contributed by atoms with Gasteiger partial charge in [0.15, 0.2) is 11.5 Å². The smallest absolute Gasteiger partial charge is 0.241 e. The zero-order valence-corrected chi connectivity index (χ0v) is 12.9. The quantitative estimate of drug-likeness (QED) is 0.828. The number of anilines is 3. The van der Waals surface area contributed by atoms with Gasteiger partial charge in [0, 0.05) is 11.1 Å². The third-order valence-electron chi connectivity index (χ3n) is 3.46. The number of ether oxygens (including phenoxy) is 1. The average molecular weight is 333 g/mol. The summed E-state index contributed by atoms with van der Waals surface area (Å²) in [7, 11) is 1.43. The molecule has 0 aliphatic carbocycles. The first-order valence-electron chi connectivity index (χ1n) is 6.79. The molecule has 2 aromatic carbocycles. The van der Waals surface area contributed by atoms with E-state index in [4.69, 9.17) is 16.3 Å². The normalized spacial score (nSPS) is 14.1. The molecule has 7 heteroatoms. The largest absolute Gasteiger partial charge is 0.504 e. The van der Waals surface area contributed by atoms with Crippen molar-refractivity contribution in [3.63, 3.8) is 0 Å². The van der Waals surface area contributed by atoms with Gasteiger partial charge in [0.2, 0.25) is 11.8 Å². The molecule has 0 saturated heterocycles. The summed E-state index contributed by atoms with van der Waals surface area (Å²) in [5.41, 5.74) is 1.33. The number of amides is 2. The van der Waals surface area contributed by atoms with Crippen LogP contribution < -0.4 is 15.0 Å². The van der Waals surface area contributed by atoms with E-state index in [1.807, 2.05) is 0 Å². The Hall–Kier alpha value is -2.73. The van der Waals surface area contributed by atoms with Crippen molar-refractivity contribution < 1.29 is 19.4 Å². The first-order valence-corrected chi connectivity index (χ1v) is 7.17. The van der Waals surface area contributed by atoms with Gasteiger partial charge < -0.3 is 15.2 Å². The first kappa shape index (κ1) is 15.2. The number of carbonyl (C=O) groups is 2. The summed E-state index contributed by atoms with van der Waals surface area (Å²) in [4.78, 5) is 25.6. The zero-order valence-electron chi connectivity index (χ0n) is 12.2. The number of hydrogen-bond acceptors (Lipinski definition) is 4. The molecule has 0 atom stereocenters. The standard InChI is InChI=1S/C16H13ClN2O4/c1-23-14-5-3-10(7-13(14)20)19-12-6-9(17)2-4-11(12)18-15(21)8-16(19)22/h2-7,20H,8H2,1H3,(H,18,21). The summed E-state index contributed by atoms with van der Waals surface area (Å²) in [6, 6.07) is 9.41. The Balaban J connectivity index is 2.17. The number of phenols is 1. The van der Waals surface area contributed by atoms with Crippen LogP contribution in [-0.2, 0) is 9.59 Å². The van der Waals surface area contributed by atoms with Crippen LogP contribution in [0.1, 0.15) is 6.42 Å². The van der Waals surface area contributed by atoms with Crippen molar-refractivity contribution in [3.8, 4) is 11.5 Å². The molecule has 1 heterocycles. The molecule has 3 rings (SSSR count). The fraction of sp³-hybridized carbons (Fsp3) is 0.125. The highest BCUT2D eigenvalue weighted by Crippen LogP contribution is 2.39. The van der Waals surface area contributed by atoms with E-state index in [9.17, 15) is 14.7 Å². The van der Waals surface area contributed by atoms with Gasteiger partial charge in [-0.2, -0.15) is 0 Å². The van der Waals surface area contributed by atoms with Crippen molar-refractivity contribution in [1.82, 2.24) is 0 Å². The van der Waals surface area contributed by atoms with Crippen LogP contribution in [0.15, 0.2) is 36.4 Å². The van der Waals surface area contributed by atoms with E-state index >= 15 is 0 Å². The lowest BCUT2D eigenvalue weighted by molar-refractivity contribution is -0.124. The molecule has 1 aliphatic rings. The van der Waals surface area contributed by atoms with Crippen LogP contribution in [0.4, 0.5) is 17.1 Å². The van der Waals surface area contributed by atoms with Crippen molar-refractivity contribution in [1.29, 1.82) is 0 Å². The van der Waals surface area contributed by atoms with Gasteiger partial charge in [0.1, 0.15) is 6.42 Å². The Morgan fingerprint density at radius 3 is 2.70 bits per heavy atom. The molecule has 0 fully saturated rings. The number of rotatable bonds is 2. The lowest BCUT2D eigenvalue weighted by Gasteiger charge is -2.23. The van der Waals surface area contributed by atoms with Crippen LogP contribution >= 0.6 is 11.6 Å². The Morgan fingerprint density at radius 1 is 1.22 bits per heavy atom. The van der Waals surface area contributed by atoms with Crippen LogP contribution in [0.2, 0.25) is 5.02 Å². The van der Waals surface area contributed by atoms with E-state index in [0.29, 0.717) is 22.1 Å². The van der Waals surface area contributed by atoms with Gasteiger partial charge in [-0.3, -0.25) is 14.5 Å². The number of aromatic hydroxyl groups is 1. The number of nitrogens with one attached hydrogen (secondary N) is 1. The number of phenolic OH excluding ortho intramolecular Hbond substituents is 1. The lowest BCUT2D eigenvalue weighted by atomic mass is 10.2. The van der Waals surface area contributed by atoms with Gasteiger partial charge in [-0.05, 0) is 30.3 Å². The molecule has 0 unspecified atom stereocenters. The van der Waals surface area contributed by atoms with E-state index < -0.39 is 11.8 Å². The maximum absolute atomic E-state index is 12.5. The minimum absolute atomic E-state index is 0.107. The summed E-state index contributed by atoms with van der Waals surface area (Å²) in [6.07, 6.45) is -0.306. The second-order valence-corrected chi connectivity index (χ2v) is 5.41. The van der Waals surface area contributed by atoms with Crippen LogP contribution in [0, 0.1) is 0 Å².